The zero-order valence-corrected chi connectivity index (χ0v) is 27.2. The largest absolute Gasteiger partial charge is 0.369 e. The molecule has 0 aromatic heterocycles. The predicted octanol–water partition coefficient (Wildman–Crippen LogP) is 7.69. The van der Waals surface area contributed by atoms with Crippen molar-refractivity contribution in [3.05, 3.63) is 100 Å². The van der Waals surface area contributed by atoms with E-state index in [-0.39, 0.29) is 40.9 Å². The van der Waals surface area contributed by atoms with Gasteiger partial charge < -0.3 is 15.0 Å². The van der Waals surface area contributed by atoms with Crippen molar-refractivity contribution in [3.63, 3.8) is 0 Å². The van der Waals surface area contributed by atoms with E-state index in [0.29, 0.717) is 23.3 Å². The predicted molar refractivity (Wildman–Crippen MR) is 173 cm³/mol. The number of hydrogen-bond acceptors (Lipinski definition) is 4. The van der Waals surface area contributed by atoms with Crippen LogP contribution in [0.3, 0.4) is 0 Å². The summed E-state index contributed by atoms with van der Waals surface area (Å²) in [5.74, 6) is 0.291. The van der Waals surface area contributed by atoms with Crippen molar-refractivity contribution in [2.75, 3.05) is 24.3 Å². The van der Waals surface area contributed by atoms with Gasteiger partial charge in [-0.2, -0.15) is 0 Å². The van der Waals surface area contributed by atoms with Crippen LogP contribution in [0.25, 0.3) is 0 Å². The highest BCUT2D eigenvalue weighted by atomic mass is 35.5. The third kappa shape index (κ3) is 11.3. The van der Waals surface area contributed by atoms with Crippen molar-refractivity contribution in [1.82, 2.24) is 4.90 Å². The fourth-order valence-corrected chi connectivity index (χ4v) is 5.96. The highest BCUT2D eigenvalue weighted by Crippen LogP contribution is 2.41. The van der Waals surface area contributed by atoms with Crippen LogP contribution >= 0.6 is 23.2 Å². The van der Waals surface area contributed by atoms with E-state index in [4.69, 9.17) is 27.9 Å². The Labute approximate surface area is 266 Å². The Bertz CT molecular complexity index is 1370. The first-order valence-electron chi connectivity index (χ1n) is 14.1. The number of rotatable bonds is 6. The number of ether oxygens (including phenoxy) is 1. The fourth-order valence-electron chi connectivity index (χ4n) is 4.44. The monoisotopic (exact) mass is 648 g/mol. The molecule has 1 aliphatic carbocycles. The molecule has 43 heavy (non-hydrogen) atoms. The van der Waals surface area contributed by atoms with E-state index in [1.807, 2.05) is 80.3 Å². The molecule has 2 aliphatic rings. The van der Waals surface area contributed by atoms with Gasteiger partial charge in [-0.05, 0) is 81.5 Å². The number of anilines is 1. The quantitative estimate of drug-likeness (QED) is 0.297. The molecule has 232 valence electrons. The van der Waals surface area contributed by atoms with Crippen molar-refractivity contribution in [2.24, 2.45) is 5.92 Å². The lowest BCUT2D eigenvalue weighted by atomic mass is 10.0. The third-order valence-electron chi connectivity index (χ3n) is 6.83. The molecule has 3 unspecified atom stereocenters. The first-order valence-corrected chi connectivity index (χ1v) is 16.2. The van der Waals surface area contributed by atoms with E-state index in [1.165, 1.54) is 19.1 Å². The first-order chi connectivity index (χ1) is 20.4. The van der Waals surface area contributed by atoms with Crippen molar-refractivity contribution in [1.29, 1.82) is 0 Å². The number of benzene rings is 3. The minimum Gasteiger partial charge on any atom is -0.369 e. The number of nitrogens with one attached hydrogen (secondary N) is 1. The molecule has 1 heterocycles. The van der Waals surface area contributed by atoms with E-state index < -0.39 is 16.6 Å². The molecule has 3 aromatic rings. The van der Waals surface area contributed by atoms with E-state index in [9.17, 15) is 18.2 Å². The normalized spacial score (nSPS) is 17.9. The molecule has 3 atom stereocenters. The lowest BCUT2D eigenvalue weighted by Gasteiger charge is -2.42. The Morgan fingerprint density at radius 2 is 1.58 bits per heavy atom. The van der Waals surface area contributed by atoms with Gasteiger partial charge in [0.15, 0.2) is 0 Å². The van der Waals surface area contributed by atoms with Gasteiger partial charge in [0.2, 0.25) is 11.8 Å². The summed E-state index contributed by atoms with van der Waals surface area (Å²) in [5, 5.41) is 3.83. The van der Waals surface area contributed by atoms with Crippen molar-refractivity contribution in [3.8, 4) is 0 Å². The van der Waals surface area contributed by atoms with Crippen molar-refractivity contribution in [2.45, 2.75) is 57.4 Å². The van der Waals surface area contributed by atoms with Crippen LogP contribution in [0.15, 0.2) is 78.9 Å². The molecule has 10 heteroatoms. The van der Waals surface area contributed by atoms with Gasteiger partial charge in [-0.15, -0.1) is 0 Å². The topological polar surface area (TPSA) is 75.7 Å². The summed E-state index contributed by atoms with van der Waals surface area (Å²) in [5.41, 5.74) is 1.24. The molecule has 2 fully saturated rings. The minimum atomic E-state index is -0.995. The van der Waals surface area contributed by atoms with Gasteiger partial charge in [-0.3, -0.25) is 13.8 Å². The lowest BCUT2D eigenvalue weighted by Crippen LogP contribution is -2.53. The summed E-state index contributed by atoms with van der Waals surface area (Å²) in [6.45, 7) is 7.89. The summed E-state index contributed by atoms with van der Waals surface area (Å²) >= 11 is 11.5. The number of morpholine rings is 1. The third-order valence-corrected chi connectivity index (χ3v) is 9.34. The number of carbonyl (C=O) groups excluding carboxylic acids is 2. The second-order valence-corrected chi connectivity index (χ2v) is 14.5. The van der Waals surface area contributed by atoms with Crippen LogP contribution in [0.1, 0.15) is 52.1 Å². The van der Waals surface area contributed by atoms with Gasteiger partial charge in [0.25, 0.3) is 0 Å². The smallest absolute Gasteiger partial charge is 0.249 e. The summed E-state index contributed by atoms with van der Waals surface area (Å²) in [4.78, 5) is 25.2. The van der Waals surface area contributed by atoms with Gasteiger partial charge in [0, 0.05) is 44.3 Å². The Morgan fingerprint density at radius 3 is 2.09 bits per heavy atom. The van der Waals surface area contributed by atoms with Crippen LogP contribution in [0.2, 0.25) is 10.0 Å². The van der Waals surface area contributed by atoms with E-state index in [2.05, 4.69) is 5.32 Å². The Morgan fingerprint density at radius 1 is 1.00 bits per heavy atom. The lowest BCUT2D eigenvalue weighted by molar-refractivity contribution is -0.152. The molecule has 1 saturated heterocycles. The SMILES string of the molecule is CC(=O)Nc1ccccc1F.CC(C)(C)S(=O)CC(C1CC1)N1C(=O)COCC1c1ccc(Cl)cc1.Clc1ccccc1. The molecule has 1 aliphatic heterocycles. The summed E-state index contributed by atoms with van der Waals surface area (Å²) in [7, 11) is -0.995. The van der Waals surface area contributed by atoms with Crippen LogP contribution in [0.5, 0.6) is 0 Å². The first kappa shape index (κ1) is 34.7. The minimum absolute atomic E-state index is 0.00555. The van der Waals surface area contributed by atoms with E-state index in [0.717, 1.165) is 23.4 Å². The maximum atomic E-state index is 12.8. The molecule has 0 spiro atoms. The van der Waals surface area contributed by atoms with Crippen LogP contribution in [0, 0.1) is 11.7 Å². The Balaban J connectivity index is 0.000000229. The Kier molecular flexibility index (Phi) is 13.2. The number of carbonyl (C=O) groups is 2. The number of nitrogens with zero attached hydrogens (tertiary/aromatic N) is 1. The fraction of sp³-hybridized carbons (Fsp3) is 0.394. The number of hydrogen-bond donors (Lipinski definition) is 1. The molecular weight excluding hydrogens is 610 g/mol. The second kappa shape index (κ2) is 16.3. The highest BCUT2D eigenvalue weighted by molar-refractivity contribution is 7.86. The highest BCUT2D eigenvalue weighted by Gasteiger charge is 2.44. The number of para-hydroxylation sites is 1. The average Bonchev–Trinajstić information content (AvgIpc) is 3.80. The standard InChI is InChI=1S/C19H26ClNO3S.C8H8FNO.C6H5Cl/c1-19(2,3)25(23)12-17(14-4-5-14)21-16(10-24-11-18(21)22)13-6-8-15(20)9-7-13;1-6(11)10-8-5-3-2-4-7(8)9;7-6-4-2-1-3-5-6/h6-9,14,16-17H,4-5,10-12H2,1-3H3;2-5H,1H3,(H,10,11);1-5H. The number of halogens is 3. The van der Waals surface area contributed by atoms with Crippen LogP contribution in [-0.4, -0.2) is 50.7 Å². The molecule has 3 aromatic carbocycles. The van der Waals surface area contributed by atoms with Crippen LogP contribution in [-0.2, 0) is 25.1 Å². The van der Waals surface area contributed by atoms with Crippen molar-refractivity contribution >= 4 is 51.5 Å². The summed E-state index contributed by atoms with van der Waals surface area (Å²) in [6, 6.07) is 22.9. The van der Waals surface area contributed by atoms with Gasteiger partial charge >= 0.3 is 0 Å². The van der Waals surface area contributed by atoms with Crippen LogP contribution < -0.4 is 5.32 Å². The van der Waals surface area contributed by atoms with Gasteiger partial charge in [-0.1, -0.05) is 65.7 Å². The summed E-state index contributed by atoms with van der Waals surface area (Å²) < 4.78 is 30.8. The van der Waals surface area contributed by atoms with E-state index in [1.54, 1.807) is 12.1 Å². The Hall–Kier alpha value is -2.78. The van der Waals surface area contributed by atoms with Crippen LogP contribution in [0.4, 0.5) is 10.1 Å². The van der Waals surface area contributed by atoms with Gasteiger partial charge in [0.05, 0.1) is 18.3 Å². The summed E-state index contributed by atoms with van der Waals surface area (Å²) in [6.07, 6.45) is 2.20. The molecule has 1 N–H and O–H groups in total. The molecule has 2 amide bonds. The van der Waals surface area contributed by atoms with E-state index >= 15 is 0 Å². The molecule has 5 rings (SSSR count). The van der Waals surface area contributed by atoms with Gasteiger partial charge in [0.1, 0.15) is 12.4 Å². The zero-order valence-electron chi connectivity index (χ0n) is 24.9. The number of amides is 2. The van der Waals surface area contributed by atoms with Crippen molar-refractivity contribution < 1.29 is 22.9 Å². The maximum absolute atomic E-state index is 12.8. The molecular formula is C33H39Cl2FN2O4S. The second-order valence-electron chi connectivity index (χ2n) is 11.4. The molecule has 1 saturated carbocycles. The van der Waals surface area contributed by atoms with Gasteiger partial charge in [-0.25, -0.2) is 4.39 Å². The maximum Gasteiger partial charge on any atom is 0.249 e. The molecule has 0 radical (unpaired) electrons. The molecule has 0 bridgehead atoms. The molecule has 6 nitrogen and oxygen atoms in total. The zero-order chi connectivity index (χ0) is 31.6. The average molecular weight is 650 g/mol.